The van der Waals surface area contributed by atoms with E-state index >= 15 is 0 Å². The summed E-state index contributed by atoms with van der Waals surface area (Å²) in [5.74, 6) is -0.244. The summed E-state index contributed by atoms with van der Waals surface area (Å²) >= 11 is 1.27. The Morgan fingerprint density at radius 1 is 0.892 bits per heavy atom. The normalized spacial score (nSPS) is 10.6. The molecule has 0 aliphatic carbocycles. The van der Waals surface area contributed by atoms with Gasteiger partial charge in [-0.1, -0.05) is 48.5 Å². The van der Waals surface area contributed by atoms with E-state index in [9.17, 15) is 9.59 Å². The highest BCUT2D eigenvalue weighted by Gasteiger charge is 2.21. The molecule has 0 saturated heterocycles. The average Bonchev–Trinajstić information content (AvgIpc) is 3.61. The Balaban J connectivity index is 1.25. The molecule has 0 aliphatic heterocycles. The van der Waals surface area contributed by atoms with Crippen LogP contribution >= 0.6 is 11.3 Å². The molecule has 5 aromatic rings. The lowest BCUT2D eigenvalue weighted by Crippen LogP contribution is -2.21. The summed E-state index contributed by atoms with van der Waals surface area (Å²) in [5.41, 5.74) is 3.12. The van der Waals surface area contributed by atoms with Crippen molar-refractivity contribution in [2.75, 3.05) is 19.0 Å². The Bertz CT molecular complexity index is 1460. The molecule has 5 rings (SSSR count). The van der Waals surface area contributed by atoms with Crippen LogP contribution in [-0.2, 0) is 9.53 Å². The summed E-state index contributed by atoms with van der Waals surface area (Å²) in [7, 11) is 1.60. The molecule has 10 heteroatoms. The molecule has 0 fully saturated rings. The van der Waals surface area contributed by atoms with E-state index in [-0.39, 0.29) is 5.82 Å². The van der Waals surface area contributed by atoms with Gasteiger partial charge < -0.3 is 9.47 Å². The van der Waals surface area contributed by atoms with E-state index in [1.807, 2.05) is 90.3 Å². The second-order valence-corrected chi connectivity index (χ2v) is 8.62. The number of carbonyl (C=O) groups is 2. The van der Waals surface area contributed by atoms with Crippen LogP contribution in [0.1, 0.15) is 10.6 Å². The van der Waals surface area contributed by atoms with Crippen molar-refractivity contribution in [3.05, 3.63) is 96.1 Å². The van der Waals surface area contributed by atoms with E-state index in [1.54, 1.807) is 11.8 Å². The lowest BCUT2D eigenvalue weighted by atomic mass is 10.2. The van der Waals surface area contributed by atoms with Gasteiger partial charge in [-0.15, -0.1) is 16.4 Å². The Morgan fingerprint density at radius 2 is 1.59 bits per heavy atom. The third-order valence-electron chi connectivity index (χ3n) is 5.29. The lowest BCUT2D eigenvalue weighted by Gasteiger charge is -2.05. The summed E-state index contributed by atoms with van der Waals surface area (Å²) in [4.78, 5) is 33.9. The molecule has 3 aromatic carbocycles. The quantitative estimate of drug-likeness (QED) is 0.296. The average molecular weight is 512 g/mol. The number of hydrogen-bond donors (Lipinski definition) is 1. The standard InChI is InChI=1S/C27H21N5O4S/c1-35-21-14-12-18(13-15-21)22-17-37-27(28-22)29-23(33)16-36-26(34)24-30-25(19-8-4-2-5-9-19)32(31-24)20-10-6-3-7-11-20/h2-15,17H,16H2,1H3,(H,28,29,33). The first-order chi connectivity index (χ1) is 18.1. The van der Waals surface area contributed by atoms with Crippen LogP contribution in [0.5, 0.6) is 5.75 Å². The van der Waals surface area contributed by atoms with Crippen molar-refractivity contribution in [1.82, 2.24) is 19.7 Å². The van der Waals surface area contributed by atoms with Crippen molar-refractivity contribution in [3.8, 4) is 34.1 Å². The number of ether oxygens (including phenoxy) is 2. The number of aromatic nitrogens is 4. The van der Waals surface area contributed by atoms with Crippen molar-refractivity contribution < 1.29 is 19.1 Å². The number of methoxy groups -OCH3 is 1. The number of esters is 1. The summed E-state index contributed by atoms with van der Waals surface area (Å²) in [5, 5.41) is 9.22. The number of nitrogens with zero attached hydrogens (tertiary/aromatic N) is 4. The zero-order valence-corrected chi connectivity index (χ0v) is 20.5. The van der Waals surface area contributed by atoms with Crippen molar-refractivity contribution in [2.24, 2.45) is 0 Å². The Labute approximate surface area is 216 Å². The molecule has 9 nitrogen and oxygen atoms in total. The first kappa shape index (κ1) is 23.9. The van der Waals surface area contributed by atoms with Crippen LogP contribution in [0.4, 0.5) is 5.13 Å². The maximum absolute atomic E-state index is 12.7. The number of benzene rings is 3. The maximum Gasteiger partial charge on any atom is 0.378 e. The number of anilines is 1. The molecule has 0 atom stereocenters. The third-order valence-corrected chi connectivity index (χ3v) is 6.05. The first-order valence-corrected chi connectivity index (χ1v) is 12.1. The number of thiazole rings is 1. The molecular weight excluding hydrogens is 490 g/mol. The van der Waals surface area contributed by atoms with Gasteiger partial charge in [0.25, 0.3) is 11.7 Å². The fourth-order valence-electron chi connectivity index (χ4n) is 3.50. The Kier molecular flexibility index (Phi) is 7.00. The highest BCUT2D eigenvalue weighted by molar-refractivity contribution is 7.14. The summed E-state index contributed by atoms with van der Waals surface area (Å²) in [6.45, 7) is -0.503. The molecule has 1 N–H and O–H groups in total. The fourth-order valence-corrected chi connectivity index (χ4v) is 4.23. The van der Waals surface area contributed by atoms with Crippen LogP contribution < -0.4 is 10.1 Å². The first-order valence-electron chi connectivity index (χ1n) is 11.3. The smallest absolute Gasteiger partial charge is 0.378 e. The SMILES string of the molecule is COc1ccc(-c2csc(NC(=O)COC(=O)c3nc(-c4ccccc4)n(-c4ccccc4)n3)n2)cc1. The van der Waals surface area contributed by atoms with Gasteiger partial charge >= 0.3 is 5.97 Å². The molecule has 0 aliphatic rings. The van der Waals surface area contributed by atoms with Crippen molar-refractivity contribution in [2.45, 2.75) is 0 Å². The zero-order valence-electron chi connectivity index (χ0n) is 19.7. The third kappa shape index (κ3) is 5.54. The molecule has 2 aromatic heterocycles. The van der Waals surface area contributed by atoms with Gasteiger partial charge in [-0.05, 0) is 36.4 Å². The van der Waals surface area contributed by atoms with Crippen molar-refractivity contribution in [3.63, 3.8) is 0 Å². The van der Waals surface area contributed by atoms with Gasteiger partial charge in [0.15, 0.2) is 17.6 Å². The fraction of sp³-hybridized carbons (Fsp3) is 0.0741. The predicted molar refractivity (Wildman–Crippen MR) is 140 cm³/mol. The molecule has 2 heterocycles. The van der Waals surface area contributed by atoms with Crippen LogP contribution in [0.2, 0.25) is 0 Å². The van der Waals surface area contributed by atoms with Gasteiger partial charge in [0.2, 0.25) is 0 Å². The van der Waals surface area contributed by atoms with Crippen molar-refractivity contribution in [1.29, 1.82) is 0 Å². The largest absolute Gasteiger partial charge is 0.497 e. The minimum atomic E-state index is -0.805. The van der Waals surface area contributed by atoms with Gasteiger partial charge in [-0.3, -0.25) is 10.1 Å². The van der Waals surface area contributed by atoms with E-state index in [0.29, 0.717) is 16.6 Å². The van der Waals surface area contributed by atoms with Crippen LogP contribution in [0.25, 0.3) is 28.3 Å². The number of rotatable bonds is 8. The summed E-state index contributed by atoms with van der Waals surface area (Å²) in [6.07, 6.45) is 0. The number of hydrogen-bond acceptors (Lipinski definition) is 8. The molecule has 1 amide bonds. The van der Waals surface area contributed by atoms with E-state index in [1.165, 1.54) is 11.3 Å². The van der Waals surface area contributed by atoms with Gasteiger partial charge in [0.05, 0.1) is 18.5 Å². The molecule has 0 spiro atoms. The highest BCUT2D eigenvalue weighted by Crippen LogP contribution is 2.26. The van der Waals surface area contributed by atoms with Crippen LogP contribution in [0.3, 0.4) is 0 Å². The molecule has 0 radical (unpaired) electrons. The van der Waals surface area contributed by atoms with E-state index in [2.05, 4.69) is 20.4 Å². The minimum Gasteiger partial charge on any atom is -0.497 e. The van der Waals surface area contributed by atoms with Gasteiger partial charge in [-0.25, -0.2) is 19.4 Å². The van der Waals surface area contributed by atoms with Gasteiger partial charge in [0.1, 0.15) is 5.75 Å². The monoisotopic (exact) mass is 511 g/mol. The van der Waals surface area contributed by atoms with E-state index in [4.69, 9.17) is 9.47 Å². The highest BCUT2D eigenvalue weighted by atomic mass is 32.1. The summed E-state index contributed by atoms with van der Waals surface area (Å²) < 4.78 is 11.9. The van der Waals surface area contributed by atoms with Crippen LogP contribution in [0, 0.1) is 0 Å². The summed E-state index contributed by atoms with van der Waals surface area (Å²) in [6, 6.07) is 26.2. The topological polar surface area (TPSA) is 108 Å². The number of nitrogens with one attached hydrogen (secondary N) is 1. The van der Waals surface area contributed by atoms with Gasteiger partial charge in [0, 0.05) is 16.5 Å². The van der Waals surface area contributed by atoms with Crippen molar-refractivity contribution >= 4 is 28.3 Å². The predicted octanol–water partition coefficient (Wildman–Crippen LogP) is 4.86. The molecule has 0 saturated carbocycles. The second-order valence-electron chi connectivity index (χ2n) is 7.76. The van der Waals surface area contributed by atoms with Crippen LogP contribution in [0.15, 0.2) is 90.3 Å². The molecule has 0 bridgehead atoms. The number of para-hydroxylation sites is 1. The zero-order chi connectivity index (χ0) is 25.6. The Hall–Kier alpha value is -4.83. The minimum absolute atomic E-state index is 0.147. The molecule has 0 unspecified atom stereocenters. The molecule has 37 heavy (non-hydrogen) atoms. The Morgan fingerprint density at radius 3 is 2.30 bits per heavy atom. The second kappa shape index (κ2) is 10.8. The lowest BCUT2D eigenvalue weighted by molar-refractivity contribution is -0.119. The van der Waals surface area contributed by atoms with Gasteiger partial charge in [-0.2, -0.15) is 0 Å². The maximum atomic E-state index is 12.7. The van der Waals surface area contributed by atoms with Crippen LogP contribution in [-0.4, -0.2) is 45.3 Å². The molecule has 184 valence electrons. The number of amides is 1. The van der Waals surface area contributed by atoms with E-state index < -0.39 is 18.5 Å². The molecular formula is C27H21N5O4S. The van der Waals surface area contributed by atoms with E-state index in [0.717, 1.165) is 22.6 Å². The number of carbonyl (C=O) groups excluding carboxylic acids is 2.